The van der Waals surface area contributed by atoms with E-state index in [4.69, 9.17) is 0 Å². The van der Waals surface area contributed by atoms with Crippen molar-refractivity contribution in [2.45, 2.75) is 38.0 Å². The summed E-state index contributed by atoms with van der Waals surface area (Å²) in [6, 6.07) is 30.6. The van der Waals surface area contributed by atoms with E-state index >= 15 is 0 Å². The van der Waals surface area contributed by atoms with Crippen LogP contribution in [0.3, 0.4) is 0 Å². The minimum Gasteiger partial charge on any atom is -0.345 e. The quantitative estimate of drug-likeness (QED) is 0.399. The van der Waals surface area contributed by atoms with Crippen molar-refractivity contribution in [1.29, 1.82) is 0 Å². The number of hydrogen-bond donors (Lipinski definition) is 1. The molecule has 0 fully saturated rings. The van der Waals surface area contributed by atoms with Crippen LogP contribution in [-0.4, -0.2) is 23.5 Å². The van der Waals surface area contributed by atoms with Gasteiger partial charge in [-0.1, -0.05) is 105 Å². The lowest BCUT2D eigenvalue weighted by molar-refractivity contribution is -0.128. The highest BCUT2D eigenvalue weighted by Crippen LogP contribution is 2.48. The summed E-state index contributed by atoms with van der Waals surface area (Å²) in [4.78, 5) is 25.0. The van der Waals surface area contributed by atoms with E-state index in [1.165, 1.54) is 0 Å². The lowest BCUT2D eigenvalue weighted by atomic mass is 9.84. The fourth-order valence-corrected chi connectivity index (χ4v) is 5.38. The van der Waals surface area contributed by atoms with Crippen LogP contribution in [0.25, 0.3) is 0 Å². The number of ketones is 1. The summed E-state index contributed by atoms with van der Waals surface area (Å²) in [5, 5.41) is 2.98. The first-order chi connectivity index (χ1) is 15.5. The fraction of sp³-hybridized carbons (Fsp3) is 0.286. The third-order valence-electron chi connectivity index (χ3n) is 5.87. The number of thioether (sulfide) groups is 1. The smallest absolute Gasteiger partial charge is 0.223 e. The minimum absolute atomic E-state index is 0.0303. The topological polar surface area (TPSA) is 46.2 Å². The number of Topliss-reactive ketones (excluding diaryl/α,β-unsaturated/α-hetero) is 1. The molecule has 4 heteroatoms. The molecule has 0 heterocycles. The van der Waals surface area contributed by atoms with Crippen LogP contribution < -0.4 is 5.32 Å². The Kier molecular flexibility index (Phi) is 8.29. The second kappa shape index (κ2) is 11.1. The first-order valence-corrected chi connectivity index (χ1v) is 12.1. The zero-order valence-corrected chi connectivity index (χ0v) is 19.8. The van der Waals surface area contributed by atoms with Crippen LogP contribution in [0.2, 0.25) is 0 Å². The van der Waals surface area contributed by atoms with E-state index in [1.807, 2.05) is 68.4 Å². The molecule has 0 radical (unpaired) electrons. The van der Waals surface area contributed by atoms with Gasteiger partial charge in [-0.3, -0.25) is 9.59 Å². The van der Waals surface area contributed by atoms with E-state index in [2.05, 4.69) is 41.7 Å². The maximum Gasteiger partial charge on any atom is 0.223 e. The molecule has 1 N–H and O–H groups in total. The summed E-state index contributed by atoms with van der Waals surface area (Å²) in [5.74, 6) is 0.246. The van der Waals surface area contributed by atoms with Crippen LogP contribution in [0.5, 0.6) is 0 Å². The van der Waals surface area contributed by atoms with Crippen LogP contribution in [0.1, 0.15) is 43.9 Å². The number of nitrogens with one attached hydrogen (secondary N) is 1. The standard InChI is InChI=1S/C28H31NO2S/c1-4-21(2)27(31)29-26(22(3)30)20-32-28(23-14-8-5-9-15-23,24-16-10-6-11-17-24)25-18-12-7-13-19-25/h5-19,21,26H,4,20H2,1-3H3,(H,29,31)/t21-,26-/m0/s1. The number of hydrogen-bond acceptors (Lipinski definition) is 3. The van der Waals surface area contributed by atoms with Gasteiger partial charge in [-0.15, -0.1) is 11.8 Å². The lowest BCUT2D eigenvalue weighted by Gasteiger charge is -2.36. The summed E-state index contributed by atoms with van der Waals surface area (Å²) in [7, 11) is 0. The van der Waals surface area contributed by atoms with E-state index in [-0.39, 0.29) is 17.6 Å². The lowest BCUT2D eigenvalue weighted by Crippen LogP contribution is -2.44. The normalized spacial score (nSPS) is 13.2. The van der Waals surface area contributed by atoms with E-state index in [0.29, 0.717) is 5.75 Å². The Hall–Kier alpha value is -2.85. The highest BCUT2D eigenvalue weighted by molar-refractivity contribution is 8.00. The van der Waals surface area contributed by atoms with E-state index in [1.54, 1.807) is 18.7 Å². The van der Waals surface area contributed by atoms with Crippen LogP contribution in [0, 0.1) is 5.92 Å². The fourth-order valence-electron chi connectivity index (χ4n) is 3.74. The van der Waals surface area contributed by atoms with Gasteiger partial charge < -0.3 is 5.32 Å². The van der Waals surface area contributed by atoms with Gasteiger partial charge >= 0.3 is 0 Å². The molecular formula is C28H31NO2S. The summed E-state index contributed by atoms with van der Waals surface area (Å²) < 4.78 is -0.515. The summed E-state index contributed by atoms with van der Waals surface area (Å²) in [5.41, 5.74) is 3.41. The van der Waals surface area contributed by atoms with Gasteiger partial charge in [0, 0.05) is 11.7 Å². The Labute approximate surface area is 195 Å². The Bertz CT molecular complexity index is 909. The average Bonchev–Trinajstić information content (AvgIpc) is 2.84. The number of benzene rings is 3. The monoisotopic (exact) mass is 445 g/mol. The van der Waals surface area contributed by atoms with Gasteiger partial charge in [-0.25, -0.2) is 0 Å². The Morgan fingerprint density at radius 1 is 0.812 bits per heavy atom. The molecule has 0 saturated carbocycles. The van der Waals surface area contributed by atoms with Gasteiger partial charge in [-0.2, -0.15) is 0 Å². The third kappa shape index (κ3) is 5.31. The number of carbonyl (C=O) groups excluding carboxylic acids is 2. The Morgan fingerprint density at radius 2 is 1.22 bits per heavy atom. The molecule has 0 aliphatic rings. The SMILES string of the molecule is CC[C@H](C)C(=O)N[C@@H](CSC(c1ccccc1)(c1ccccc1)c1ccccc1)C(C)=O. The first kappa shape index (κ1) is 23.8. The maximum atomic E-state index is 12.6. The Balaban J connectivity index is 2.06. The van der Waals surface area contributed by atoms with E-state index in [0.717, 1.165) is 23.1 Å². The molecule has 3 rings (SSSR count). The van der Waals surface area contributed by atoms with Crippen LogP contribution in [-0.2, 0) is 14.3 Å². The molecule has 3 aromatic carbocycles. The van der Waals surface area contributed by atoms with Crippen molar-refractivity contribution in [2.75, 3.05) is 5.75 Å². The molecule has 1 amide bonds. The van der Waals surface area contributed by atoms with E-state index < -0.39 is 10.8 Å². The molecule has 0 aliphatic carbocycles. The average molecular weight is 446 g/mol. The van der Waals surface area contributed by atoms with Gasteiger partial charge in [0.15, 0.2) is 5.78 Å². The summed E-state index contributed by atoms with van der Waals surface area (Å²) in [6.45, 7) is 5.42. The van der Waals surface area contributed by atoms with Crippen molar-refractivity contribution < 1.29 is 9.59 Å². The molecule has 0 spiro atoms. The van der Waals surface area contributed by atoms with Crippen molar-refractivity contribution in [1.82, 2.24) is 5.32 Å². The second-order valence-corrected chi connectivity index (χ2v) is 9.31. The van der Waals surface area contributed by atoms with Crippen LogP contribution in [0.15, 0.2) is 91.0 Å². The Morgan fingerprint density at radius 3 is 1.56 bits per heavy atom. The molecule has 0 aliphatic heterocycles. The highest BCUT2D eigenvalue weighted by atomic mass is 32.2. The molecular weight excluding hydrogens is 414 g/mol. The van der Waals surface area contributed by atoms with Gasteiger partial charge in [-0.05, 0) is 30.0 Å². The predicted octanol–water partition coefficient (Wildman–Crippen LogP) is 5.83. The summed E-state index contributed by atoms with van der Waals surface area (Å²) in [6.07, 6.45) is 0.742. The highest BCUT2D eigenvalue weighted by Gasteiger charge is 2.38. The number of carbonyl (C=O) groups is 2. The van der Waals surface area contributed by atoms with Gasteiger partial charge in [0.2, 0.25) is 5.91 Å². The van der Waals surface area contributed by atoms with Crippen molar-refractivity contribution in [2.24, 2.45) is 5.92 Å². The van der Waals surface area contributed by atoms with E-state index in [9.17, 15) is 9.59 Å². The number of rotatable bonds is 10. The van der Waals surface area contributed by atoms with Gasteiger partial charge in [0.1, 0.15) is 0 Å². The van der Waals surface area contributed by atoms with Crippen molar-refractivity contribution in [3.63, 3.8) is 0 Å². The molecule has 0 unspecified atom stereocenters. The predicted molar refractivity (Wildman–Crippen MR) is 134 cm³/mol. The molecule has 0 aromatic heterocycles. The molecule has 32 heavy (non-hydrogen) atoms. The molecule has 166 valence electrons. The molecule has 2 atom stereocenters. The zero-order chi connectivity index (χ0) is 23.0. The third-order valence-corrected chi connectivity index (χ3v) is 7.51. The number of amides is 1. The molecule has 3 aromatic rings. The van der Waals surface area contributed by atoms with Crippen molar-refractivity contribution in [3.05, 3.63) is 108 Å². The molecule has 0 bridgehead atoms. The zero-order valence-electron chi connectivity index (χ0n) is 19.0. The van der Waals surface area contributed by atoms with Crippen LogP contribution >= 0.6 is 11.8 Å². The first-order valence-electron chi connectivity index (χ1n) is 11.1. The molecule has 3 nitrogen and oxygen atoms in total. The summed E-state index contributed by atoms with van der Waals surface area (Å²) >= 11 is 1.69. The van der Waals surface area contributed by atoms with Gasteiger partial charge in [0.05, 0.1) is 10.8 Å². The van der Waals surface area contributed by atoms with Gasteiger partial charge in [0.25, 0.3) is 0 Å². The van der Waals surface area contributed by atoms with Crippen LogP contribution in [0.4, 0.5) is 0 Å². The maximum absolute atomic E-state index is 12.6. The minimum atomic E-state index is -0.544. The van der Waals surface area contributed by atoms with Crippen molar-refractivity contribution in [3.8, 4) is 0 Å². The van der Waals surface area contributed by atoms with Crippen molar-refractivity contribution >= 4 is 23.5 Å². The largest absolute Gasteiger partial charge is 0.345 e. The molecule has 0 saturated heterocycles. The second-order valence-electron chi connectivity index (χ2n) is 8.07.